The number of hydrogen-bond donors (Lipinski definition) is 3. The first kappa shape index (κ1) is 15.6. The molecule has 0 fully saturated rings. The molecular formula is C17H18N2O3S. The smallest absolute Gasteiger partial charge is 0.224 e. The minimum Gasteiger partial charge on any atom is -0.496 e. The van der Waals surface area contributed by atoms with Crippen LogP contribution in [0.25, 0.3) is 10.9 Å². The van der Waals surface area contributed by atoms with Crippen LogP contribution in [0.15, 0.2) is 41.2 Å². The van der Waals surface area contributed by atoms with Crippen LogP contribution in [0.4, 0.5) is 0 Å². The Hall–Kier alpha value is -2.31. The molecule has 3 N–H and O–H groups in total. The largest absolute Gasteiger partial charge is 0.496 e. The molecule has 120 valence electrons. The van der Waals surface area contributed by atoms with E-state index in [0.29, 0.717) is 0 Å². The number of nitrogens with one attached hydrogen (secondary N) is 2. The molecule has 0 bridgehead atoms. The molecule has 6 heteroatoms. The molecule has 23 heavy (non-hydrogen) atoms. The van der Waals surface area contributed by atoms with Gasteiger partial charge in [-0.1, -0.05) is 6.07 Å². The van der Waals surface area contributed by atoms with Crippen molar-refractivity contribution in [3.63, 3.8) is 0 Å². The number of aliphatic hydroxyl groups excluding tert-OH is 1. The summed E-state index contributed by atoms with van der Waals surface area (Å²) in [6.45, 7) is 0.203. The van der Waals surface area contributed by atoms with E-state index in [2.05, 4.69) is 10.3 Å². The highest BCUT2D eigenvalue weighted by atomic mass is 32.1. The number of aromatic nitrogens is 1. The van der Waals surface area contributed by atoms with E-state index in [9.17, 15) is 9.90 Å². The summed E-state index contributed by atoms with van der Waals surface area (Å²) in [5.74, 6) is 0.607. The minimum absolute atomic E-state index is 0.133. The van der Waals surface area contributed by atoms with Crippen LogP contribution in [0, 0.1) is 0 Å². The van der Waals surface area contributed by atoms with Crippen molar-refractivity contribution < 1.29 is 14.6 Å². The summed E-state index contributed by atoms with van der Waals surface area (Å²) in [4.78, 5) is 15.3. The van der Waals surface area contributed by atoms with Crippen molar-refractivity contribution in [3.05, 3.63) is 52.3 Å². The van der Waals surface area contributed by atoms with Crippen molar-refractivity contribution >= 4 is 28.1 Å². The quantitative estimate of drug-likeness (QED) is 0.650. The normalized spacial score (nSPS) is 12.3. The molecule has 2 aromatic heterocycles. The van der Waals surface area contributed by atoms with Gasteiger partial charge >= 0.3 is 0 Å². The Morgan fingerprint density at radius 1 is 1.43 bits per heavy atom. The van der Waals surface area contributed by atoms with Crippen LogP contribution in [0.2, 0.25) is 0 Å². The summed E-state index contributed by atoms with van der Waals surface area (Å²) in [6, 6.07) is 7.57. The van der Waals surface area contributed by atoms with Gasteiger partial charge in [-0.2, -0.15) is 11.3 Å². The molecular weight excluding hydrogens is 312 g/mol. The number of aliphatic hydroxyl groups is 1. The SMILES string of the molecule is COc1cccc2[nH]cc(CC(=O)NCC(O)c3ccsc3)c12. The van der Waals surface area contributed by atoms with Crippen LogP contribution in [0.3, 0.4) is 0 Å². The van der Waals surface area contributed by atoms with Gasteiger partial charge in [-0.15, -0.1) is 0 Å². The van der Waals surface area contributed by atoms with Crippen molar-refractivity contribution in [3.8, 4) is 5.75 Å². The van der Waals surface area contributed by atoms with Crippen molar-refractivity contribution in [1.82, 2.24) is 10.3 Å². The predicted molar refractivity (Wildman–Crippen MR) is 90.8 cm³/mol. The molecule has 3 aromatic rings. The first-order valence-electron chi connectivity index (χ1n) is 7.29. The maximum atomic E-state index is 12.2. The second-order valence-electron chi connectivity index (χ2n) is 5.25. The van der Waals surface area contributed by atoms with Crippen LogP contribution >= 0.6 is 11.3 Å². The Kier molecular flexibility index (Phi) is 4.64. The van der Waals surface area contributed by atoms with Gasteiger partial charge in [-0.25, -0.2) is 0 Å². The standard InChI is InChI=1S/C17H18N2O3S/c1-22-15-4-2-3-13-17(15)12(8-18-13)7-16(21)19-9-14(20)11-5-6-23-10-11/h2-6,8,10,14,18,20H,7,9H2,1H3,(H,19,21). The molecule has 0 saturated carbocycles. The van der Waals surface area contributed by atoms with Crippen molar-refractivity contribution in [2.24, 2.45) is 0 Å². The van der Waals surface area contributed by atoms with E-state index in [4.69, 9.17) is 4.74 Å². The highest BCUT2D eigenvalue weighted by Crippen LogP contribution is 2.28. The summed E-state index contributed by atoms with van der Waals surface area (Å²) < 4.78 is 5.36. The van der Waals surface area contributed by atoms with E-state index in [1.165, 1.54) is 11.3 Å². The molecule has 1 atom stereocenters. The minimum atomic E-state index is -0.678. The van der Waals surface area contributed by atoms with E-state index in [0.717, 1.165) is 27.8 Å². The summed E-state index contributed by atoms with van der Waals surface area (Å²) in [6.07, 6.45) is 1.38. The Labute approximate surface area is 137 Å². The van der Waals surface area contributed by atoms with Crippen molar-refractivity contribution in [1.29, 1.82) is 0 Å². The van der Waals surface area contributed by atoms with Crippen LogP contribution in [0.1, 0.15) is 17.2 Å². The van der Waals surface area contributed by atoms with Crippen LogP contribution in [-0.2, 0) is 11.2 Å². The van der Waals surface area contributed by atoms with Gasteiger partial charge in [0.25, 0.3) is 0 Å². The van der Waals surface area contributed by atoms with Gasteiger partial charge in [-0.3, -0.25) is 4.79 Å². The topological polar surface area (TPSA) is 74.4 Å². The van der Waals surface area contributed by atoms with Gasteiger partial charge in [0.1, 0.15) is 5.75 Å². The number of amides is 1. The second kappa shape index (κ2) is 6.85. The van der Waals surface area contributed by atoms with Gasteiger partial charge in [0.2, 0.25) is 5.91 Å². The van der Waals surface area contributed by atoms with E-state index in [1.54, 1.807) is 7.11 Å². The molecule has 1 unspecified atom stereocenters. The predicted octanol–water partition coefficient (Wildman–Crippen LogP) is 2.63. The van der Waals surface area contributed by atoms with Crippen LogP contribution in [-0.4, -0.2) is 29.7 Å². The van der Waals surface area contributed by atoms with E-state index in [-0.39, 0.29) is 18.9 Å². The highest BCUT2D eigenvalue weighted by Gasteiger charge is 2.14. The van der Waals surface area contributed by atoms with Gasteiger partial charge in [0.15, 0.2) is 0 Å². The number of carbonyl (C=O) groups excluding carboxylic acids is 1. The lowest BCUT2D eigenvalue weighted by Gasteiger charge is -2.10. The molecule has 2 heterocycles. The van der Waals surface area contributed by atoms with E-state index >= 15 is 0 Å². The highest BCUT2D eigenvalue weighted by molar-refractivity contribution is 7.07. The fourth-order valence-corrected chi connectivity index (χ4v) is 3.26. The van der Waals surface area contributed by atoms with Gasteiger partial charge < -0.3 is 20.1 Å². The first-order chi connectivity index (χ1) is 11.2. The molecule has 0 radical (unpaired) electrons. The first-order valence-corrected chi connectivity index (χ1v) is 8.23. The second-order valence-corrected chi connectivity index (χ2v) is 6.03. The number of H-pyrrole nitrogens is 1. The monoisotopic (exact) mass is 330 g/mol. The Morgan fingerprint density at radius 3 is 3.04 bits per heavy atom. The molecule has 0 spiro atoms. The third-order valence-corrected chi connectivity index (χ3v) is 4.44. The summed E-state index contributed by atoms with van der Waals surface area (Å²) in [5, 5.41) is 17.5. The Bertz CT molecular complexity index is 795. The Morgan fingerprint density at radius 2 is 2.30 bits per heavy atom. The summed E-state index contributed by atoms with van der Waals surface area (Å²) in [7, 11) is 1.61. The van der Waals surface area contributed by atoms with E-state index in [1.807, 2.05) is 41.2 Å². The lowest BCUT2D eigenvalue weighted by Crippen LogP contribution is -2.29. The molecule has 0 aliphatic carbocycles. The number of rotatable bonds is 6. The lowest BCUT2D eigenvalue weighted by atomic mass is 10.1. The molecule has 0 saturated heterocycles. The zero-order valence-electron chi connectivity index (χ0n) is 12.7. The third kappa shape index (κ3) is 3.38. The maximum absolute atomic E-state index is 12.2. The zero-order valence-corrected chi connectivity index (χ0v) is 13.5. The third-order valence-electron chi connectivity index (χ3n) is 3.74. The summed E-state index contributed by atoms with van der Waals surface area (Å²) in [5.41, 5.74) is 2.63. The van der Waals surface area contributed by atoms with Crippen molar-refractivity contribution in [2.75, 3.05) is 13.7 Å². The number of carbonyl (C=O) groups is 1. The number of benzene rings is 1. The van der Waals surface area contributed by atoms with Crippen molar-refractivity contribution in [2.45, 2.75) is 12.5 Å². The van der Waals surface area contributed by atoms with Gasteiger partial charge in [0.05, 0.1) is 19.6 Å². The molecule has 3 rings (SSSR count). The number of ether oxygens (including phenoxy) is 1. The van der Waals surface area contributed by atoms with Gasteiger partial charge in [-0.05, 0) is 40.1 Å². The average Bonchev–Trinajstić information content (AvgIpc) is 3.22. The maximum Gasteiger partial charge on any atom is 0.224 e. The van der Waals surface area contributed by atoms with Crippen LogP contribution in [0.5, 0.6) is 5.75 Å². The average molecular weight is 330 g/mol. The van der Waals surface area contributed by atoms with E-state index < -0.39 is 6.10 Å². The summed E-state index contributed by atoms with van der Waals surface area (Å²) >= 11 is 1.52. The fraction of sp³-hybridized carbons (Fsp3) is 0.235. The lowest BCUT2D eigenvalue weighted by molar-refractivity contribution is -0.120. The molecule has 5 nitrogen and oxygen atoms in total. The molecule has 1 aromatic carbocycles. The Balaban J connectivity index is 1.66. The zero-order chi connectivity index (χ0) is 16.2. The van der Waals surface area contributed by atoms with Crippen LogP contribution < -0.4 is 10.1 Å². The number of aromatic amines is 1. The fourth-order valence-electron chi connectivity index (χ4n) is 2.56. The number of fused-ring (bicyclic) bond motifs is 1. The molecule has 0 aliphatic rings. The number of thiophene rings is 1. The molecule has 1 amide bonds. The number of methoxy groups -OCH3 is 1. The van der Waals surface area contributed by atoms with Gasteiger partial charge in [0, 0.05) is 23.6 Å². The molecule has 0 aliphatic heterocycles. The number of hydrogen-bond acceptors (Lipinski definition) is 4.